The molecule has 1 aliphatic rings. The summed E-state index contributed by atoms with van der Waals surface area (Å²) in [6.07, 6.45) is -0.333. The number of guanidine groups is 1. The lowest BCUT2D eigenvalue weighted by Crippen LogP contribution is -2.78. The van der Waals surface area contributed by atoms with Crippen LogP contribution < -0.4 is 21.2 Å². The van der Waals surface area contributed by atoms with Gasteiger partial charge in [-0.15, -0.1) is 0 Å². The Balaban J connectivity index is 1.74. The maximum Gasteiger partial charge on any atom is 0.353 e. The van der Waals surface area contributed by atoms with Crippen LogP contribution >= 0.6 is 0 Å². The Hall–Kier alpha value is -3.41. The predicted molar refractivity (Wildman–Crippen MR) is 105 cm³/mol. The molecular formula is C21H22N5O+. The molecule has 0 fully saturated rings. The van der Waals surface area contributed by atoms with E-state index in [1.807, 2.05) is 56.3 Å². The molecule has 1 atom stereocenters. The van der Waals surface area contributed by atoms with E-state index in [1.165, 1.54) is 11.1 Å². The molecule has 0 bridgehead atoms. The number of rotatable bonds is 3. The summed E-state index contributed by atoms with van der Waals surface area (Å²) in [6, 6.07) is 19.9. The first kappa shape index (κ1) is 17.0. The van der Waals surface area contributed by atoms with Crippen LogP contribution in [0.25, 0.3) is 0 Å². The van der Waals surface area contributed by atoms with Crippen LogP contribution in [-0.2, 0) is 6.54 Å². The Morgan fingerprint density at radius 3 is 2.56 bits per heavy atom. The SMILES string of the molecule is Cc1ccc([C@H]2NC(=[NH+]Cc3ccccc3)Nc3nc(C)cc(=O)n32)cc1. The van der Waals surface area contributed by atoms with Crippen LogP contribution in [-0.4, -0.2) is 15.5 Å². The first-order valence-corrected chi connectivity index (χ1v) is 8.95. The number of fused-ring (bicyclic) bond motifs is 1. The van der Waals surface area contributed by atoms with Crippen molar-refractivity contribution in [3.8, 4) is 0 Å². The van der Waals surface area contributed by atoms with Gasteiger partial charge in [-0.2, -0.15) is 0 Å². The summed E-state index contributed by atoms with van der Waals surface area (Å²) in [5.74, 6) is 1.25. The third-order valence-corrected chi connectivity index (χ3v) is 4.56. The van der Waals surface area contributed by atoms with Crippen molar-refractivity contribution >= 4 is 11.9 Å². The van der Waals surface area contributed by atoms with E-state index in [4.69, 9.17) is 0 Å². The fraction of sp³-hybridized carbons (Fsp3) is 0.190. The zero-order chi connectivity index (χ0) is 18.8. The van der Waals surface area contributed by atoms with Crippen molar-refractivity contribution < 1.29 is 4.99 Å². The summed E-state index contributed by atoms with van der Waals surface area (Å²) < 4.78 is 1.64. The van der Waals surface area contributed by atoms with Gasteiger partial charge in [-0.05, 0) is 19.4 Å². The average molecular weight is 360 g/mol. The summed E-state index contributed by atoms with van der Waals surface area (Å²) in [4.78, 5) is 20.5. The van der Waals surface area contributed by atoms with Gasteiger partial charge in [0.15, 0.2) is 6.17 Å². The number of hydrogen-bond donors (Lipinski definition) is 3. The number of hydrogen-bond acceptors (Lipinski definition) is 2. The highest BCUT2D eigenvalue weighted by Gasteiger charge is 2.31. The van der Waals surface area contributed by atoms with Gasteiger partial charge in [-0.1, -0.05) is 60.2 Å². The van der Waals surface area contributed by atoms with E-state index in [0.717, 1.165) is 11.5 Å². The van der Waals surface area contributed by atoms with E-state index in [-0.39, 0.29) is 11.7 Å². The van der Waals surface area contributed by atoms with Crippen molar-refractivity contribution in [2.24, 2.45) is 0 Å². The lowest BCUT2D eigenvalue weighted by molar-refractivity contribution is -0.477. The average Bonchev–Trinajstić information content (AvgIpc) is 2.67. The lowest BCUT2D eigenvalue weighted by Gasteiger charge is -2.26. The zero-order valence-corrected chi connectivity index (χ0v) is 15.4. The molecular weight excluding hydrogens is 338 g/mol. The van der Waals surface area contributed by atoms with Gasteiger partial charge in [0.05, 0.1) is 6.54 Å². The summed E-state index contributed by atoms with van der Waals surface area (Å²) >= 11 is 0. The molecule has 0 amide bonds. The van der Waals surface area contributed by atoms with Gasteiger partial charge < -0.3 is 0 Å². The second kappa shape index (κ2) is 7.07. The molecule has 6 nitrogen and oxygen atoms in total. The highest BCUT2D eigenvalue weighted by atomic mass is 16.1. The molecule has 3 aromatic rings. The number of aromatic nitrogens is 2. The quantitative estimate of drug-likeness (QED) is 0.653. The van der Waals surface area contributed by atoms with Crippen molar-refractivity contribution in [1.29, 1.82) is 0 Å². The van der Waals surface area contributed by atoms with Crippen molar-refractivity contribution in [2.75, 3.05) is 5.32 Å². The molecule has 3 N–H and O–H groups in total. The van der Waals surface area contributed by atoms with E-state index in [2.05, 4.69) is 32.7 Å². The fourth-order valence-corrected chi connectivity index (χ4v) is 3.16. The molecule has 136 valence electrons. The summed E-state index contributed by atoms with van der Waals surface area (Å²) in [7, 11) is 0. The van der Waals surface area contributed by atoms with Gasteiger partial charge in [-0.3, -0.25) is 15.1 Å². The minimum absolute atomic E-state index is 0.0924. The first-order chi connectivity index (χ1) is 13.1. The number of nitrogens with zero attached hydrogens (tertiary/aromatic N) is 2. The van der Waals surface area contributed by atoms with Gasteiger partial charge in [0.1, 0.15) is 0 Å². The number of anilines is 1. The van der Waals surface area contributed by atoms with E-state index < -0.39 is 0 Å². The third-order valence-electron chi connectivity index (χ3n) is 4.56. The van der Waals surface area contributed by atoms with Crippen molar-refractivity contribution in [2.45, 2.75) is 26.6 Å². The molecule has 2 heterocycles. The minimum Gasteiger partial charge on any atom is -0.273 e. The van der Waals surface area contributed by atoms with E-state index in [0.29, 0.717) is 18.2 Å². The second-order valence-corrected chi connectivity index (χ2v) is 6.73. The zero-order valence-electron chi connectivity index (χ0n) is 15.4. The van der Waals surface area contributed by atoms with Crippen LogP contribution in [0.3, 0.4) is 0 Å². The molecule has 0 unspecified atom stereocenters. The standard InChI is InChI=1S/C21H21N5O/c1-14-8-10-17(11-9-14)19-24-20(22-13-16-6-4-3-5-7-16)25-21-23-15(2)12-18(27)26(19)21/h3-12,19H,13H2,1-2H3,(H2,22,23,24,25)/p+1/t19-/m0/s1. The smallest absolute Gasteiger partial charge is 0.273 e. The molecule has 6 heteroatoms. The summed E-state index contributed by atoms with van der Waals surface area (Å²) in [5.41, 5.74) is 3.93. The molecule has 1 aromatic heterocycles. The predicted octanol–water partition coefficient (Wildman–Crippen LogP) is 1.06. The van der Waals surface area contributed by atoms with Gasteiger partial charge in [0.2, 0.25) is 0 Å². The van der Waals surface area contributed by atoms with E-state index >= 15 is 0 Å². The third kappa shape index (κ3) is 3.60. The van der Waals surface area contributed by atoms with Gasteiger partial charge in [0.25, 0.3) is 11.5 Å². The van der Waals surface area contributed by atoms with E-state index in [9.17, 15) is 4.79 Å². The van der Waals surface area contributed by atoms with Crippen LogP contribution in [0.15, 0.2) is 65.5 Å². The Bertz CT molecular complexity index is 1040. The fourth-order valence-electron chi connectivity index (χ4n) is 3.16. The Morgan fingerprint density at radius 2 is 1.81 bits per heavy atom. The lowest BCUT2D eigenvalue weighted by atomic mass is 10.1. The monoisotopic (exact) mass is 360 g/mol. The molecule has 0 saturated carbocycles. The molecule has 2 aromatic carbocycles. The molecule has 0 saturated heterocycles. The Morgan fingerprint density at radius 1 is 1.07 bits per heavy atom. The van der Waals surface area contributed by atoms with Crippen LogP contribution in [0.1, 0.15) is 28.6 Å². The minimum atomic E-state index is -0.333. The highest BCUT2D eigenvalue weighted by molar-refractivity contribution is 5.89. The topological polar surface area (TPSA) is 72.9 Å². The molecule has 27 heavy (non-hydrogen) atoms. The molecule has 0 aliphatic carbocycles. The Kier molecular flexibility index (Phi) is 4.46. The highest BCUT2D eigenvalue weighted by Crippen LogP contribution is 2.21. The molecule has 4 rings (SSSR count). The first-order valence-electron chi connectivity index (χ1n) is 8.95. The van der Waals surface area contributed by atoms with Gasteiger partial charge >= 0.3 is 5.96 Å². The van der Waals surface area contributed by atoms with Crippen molar-refractivity contribution in [3.05, 3.63) is 93.4 Å². The van der Waals surface area contributed by atoms with E-state index in [1.54, 1.807) is 10.6 Å². The summed E-state index contributed by atoms with van der Waals surface area (Å²) in [6.45, 7) is 4.53. The summed E-state index contributed by atoms with van der Waals surface area (Å²) in [5, 5.41) is 6.60. The van der Waals surface area contributed by atoms with Crippen molar-refractivity contribution in [3.63, 3.8) is 0 Å². The van der Waals surface area contributed by atoms with Crippen LogP contribution in [0.4, 0.5) is 5.95 Å². The number of aryl methyl sites for hydroxylation is 2. The molecule has 0 radical (unpaired) electrons. The van der Waals surface area contributed by atoms with Gasteiger partial charge in [-0.25, -0.2) is 14.9 Å². The maximum atomic E-state index is 12.6. The normalized spacial score (nSPS) is 17.1. The molecule has 0 spiro atoms. The van der Waals surface area contributed by atoms with Crippen molar-refractivity contribution in [1.82, 2.24) is 14.9 Å². The molecule has 1 aliphatic heterocycles. The van der Waals surface area contributed by atoms with Crippen LogP contribution in [0, 0.1) is 13.8 Å². The Labute approximate surface area is 157 Å². The van der Waals surface area contributed by atoms with Crippen LogP contribution in [0.5, 0.6) is 0 Å². The van der Waals surface area contributed by atoms with Crippen LogP contribution in [0.2, 0.25) is 0 Å². The van der Waals surface area contributed by atoms with Gasteiger partial charge in [0, 0.05) is 17.3 Å². The number of benzene rings is 2. The second-order valence-electron chi connectivity index (χ2n) is 6.73. The largest absolute Gasteiger partial charge is 0.353 e. The maximum absolute atomic E-state index is 12.6. The number of nitrogens with one attached hydrogen (secondary N) is 3.